The molecule has 0 unspecified atom stereocenters. The Labute approximate surface area is 179 Å². The molecular formula is C17H21CaN3O3S. The number of hydrogen-bond acceptors (Lipinski definition) is 5. The first-order valence-electron chi connectivity index (χ1n) is 7.44. The van der Waals surface area contributed by atoms with Crippen LogP contribution in [0, 0.1) is 13.8 Å². The van der Waals surface area contributed by atoms with E-state index in [1.807, 2.05) is 32.0 Å². The van der Waals surface area contributed by atoms with Crippen LogP contribution in [0.15, 0.2) is 29.6 Å². The van der Waals surface area contributed by atoms with Crippen LogP contribution in [-0.4, -0.2) is 71.5 Å². The minimum atomic E-state index is -1.33. The Morgan fingerprint density at radius 3 is 2.64 bits per heavy atom. The fourth-order valence-corrected chi connectivity index (χ4v) is 3.71. The zero-order chi connectivity index (χ0) is 17.3. The van der Waals surface area contributed by atoms with Gasteiger partial charge in [0.15, 0.2) is 5.75 Å². The van der Waals surface area contributed by atoms with Gasteiger partial charge in [-0.1, -0.05) is 0 Å². The molecule has 0 amide bonds. The molecule has 0 bridgehead atoms. The first-order chi connectivity index (χ1) is 11.5. The zero-order valence-electron chi connectivity index (χ0n) is 14.0. The van der Waals surface area contributed by atoms with Gasteiger partial charge >= 0.3 is 42.9 Å². The Balaban J connectivity index is 0.00000225. The van der Waals surface area contributed by atoms with Crippen LogP contribution >= 0.6 is 0 Å². The average molecular weight is 388 g/mol. The number of rotatable bonds is 5. The average Bonchev–Trinajstić information content (AvgIpc) is 3.01. The van der Waals surface area contributed by atoms with Gasteiger partial charge in [0.05, 0.1) is 30.9 Å². The Morgan fingerprint density at radius 1 is 1.20 bits per heavy atom. The van der Waals surface area contributed by atoms with Crippen LogP contribution in [0.1, 0.15) is 16.8 Å². The molecule has 0 spiro atoms. The van der Waals surface area contributed by atoms with Crippen molar-refractivity contribution < 1.29 is 14.0 Å². The maximum absolute atomic E-state index is 12.7. The molecule has 0 aliphatic carbocycles. The molecule has 0 saturated carbocycles. The first kappa shape index (κ1) is 20.3. The third kappa shape index (κ3) is 4.23. The van der Waals surface area contributed by atoms with Gasteiger partial charge in [0.25, 0.3) is 0 Å². The number of nitrogens with one attached hydrogen (secondary N) is 1. The Kier molecular flexibility index (Phi) is 6.99. The normalized spacial score (nSPS) is 11.9. The molecule has 0 aliphatic heterocycles. The molecule has 2 aromatic heterocycles. The Morgan fingerprint density at radius 2 is 1.96 bits per heavy atom. The predicted octanol–water partition coefficient (Wildman–Crippen LogP) is 1.98. The number of H-pyrrole nitrogens is 1. The summed E-state index contributed by atoms with van der Waals surface area (Å²) in [6, 6.07) is 5.51. The van der Waals surface area contributed by atoms with E-state index in [4.69, 9.17) is 9.47 Å². The van der Waals surface area contributed by atoms with E-state index in [1.54, 1.807) is 20.4 Å². The molecule has 6 nitrogen and oxygen atoms in total. The van der Waals surface area contributed by atoms with Crippen molar-refractivity contribution in [2.24, 2.45) is 0 Å². The zero-order valence-corrected chi connectivity index (χ0v) is 14.9. The number of nitrogens with zero attached hydrogens (tertiary/aromatic N) is 2. The summed E-state index contributed by atoms with van der Waals surface area (Å²) in [7, 11) is 3.23. The molecule has 1 atom stereocenters. The van der Waals surface area contributed by atoms with E-state index >= 15 is 0 Å². The molecule has 0 radical (unpaired) electrons. The number of benzene rings is 1. The minimum absolute atomic E-state index is 0. The molecule has 3 aromatic rings. The first-order valence-corrected chi connectivity index (χ1v) is 8.76. The summed E-state index contributed by atoms with van der Waals surface area (Å²) < 4.78 is 23.3. The Bertz CT molecular complexity index is 885. The van der Waals surface area contributed by atoms with Crippen molar-refractivity contribution in [1.29, 1.82) is 0 Å². The van der Waals surface area contributed by atoms with E-state index in [9.17, 15) is 4.55 Å². The van der Waals surface area contributed by atoms with Gasteiger partial charge in [0.2, 0.25) is 0 Å². The molecule has 25 heavy (non-hydrogen) atoms. The van der Waals surface area contributed by atoms with Crippen molar-refractivity contribution in [3.05, 3.63) is 41.2 Å². The fraction of sp³-hybridized carbons (Fsp3) is 0.294. The molecular weight excluding hydrogens is 366 g/mol. The van der Waals surface area contributed by atoms with Gasteiger partial charge in [-0.15, -0.1) is 0 Å². The monoisotopic (exact) mass is 387 g/mol. The summed E-state index contributed by atoms with van der Waals surface area (Å²) in [5, 5.41) is 0.430. The van der Waals surface area contributed by atoms with E-state index in [1.165, 1.54) is 0 Å². The van der Waals surface area contributed by atoms with Gasteiger partial charge in [-0.3, -0.25) is 9.97 Å². The van der Waals surface area contributed by atoms with Crippen LogP contribution in [-0.2, 0) is 16.9 Å². The third-order valence-electron chi connectivity index (χ3n) is 3.90. The van der Waals surface area contributed by atoms with Crippen LogP contribution in [0.5, 0.6) is 11.5 Å². The van der Waals surface area contributed by atoms with Crippen molar-refractivity contribution >= 4 is 59.9 Å². The second-order valence-electron chi connectivity index (χ2n) is 5.46. The van der Waals surface area contributed by atoms with Gasteiger partial charge in [-0.2, -0.15) is 4.98 Å². The van der Waals surface area contributed by atoms with Crippen molar-refractivity contribution in [1.82, 2.24) is 15.0 Å². The van der Waals surface area contributed by atoms with E-state index in [2.05, 4.69) is 15.0 Å². The third-order valence-corrected chi connectivity index (χ3v) is 5.06. The molecule has 3 rings (SSSR count). The molecule has 2 heterocycles. The van der Waals surface area contributed by atoms with Crippen LogP contribution in [0.3, 0.4) is 0 Å². The number of hydrogen-bond donors (Lipinski definition) is 1. The Hall–Kier alpha value is -0.990. The second kappa shape index (κ2) is 8.60. The summed E-state index contributed by atoms with van der Waals surface area (Å²) in [6.07, 6.45) is 1.74. The van der Waals surface area contributed by atoms with Crippen molar-refractivity contribution in [3.63, 3.8) is 0 Å². The summed E-state index contributed by atoms with van der Waals surface area (Å²) >= 11 is -1.33. The van der Waals surface area contributed by atoms with E-state index in [0.29, 0.717) is 10.9 Å². The fourth-order valence-electron chi connectivity index (χ4n) is 2.61. The van der Waals surface area contributed by atoms with E-state index in [0.717, 1.165) is 33.6 Å². The van der Waals surface area contributed by atoms with Crippen LogP contribution in [0.25, 0.3) is 11.0 Å². The number of aromatic amines is 1. The van der Waals surface area contributed by atoms with Crippen LogP contribution < -0.4 is 9.47 Å². The molecule has 0 fully saturated rings. The number of imidazole rings is 1. The van der Waals surface area contributed by atoms with Gasteiger partial charge in [0, 0.05) is 34.6 Å². The maximum atomic E-state index is 12.7. The van der Waals surface area contributed by atoms with Gasteiger partial charge in [-0.05, 0) is 26.0 Å². The second-order valence-corrected chi connectivity index (χ2v) is 6.83. The van der Waals surface area contributed by atoms with Crippen LogP contribution in [0.2, 0.25) is 0 Å². The van der Waals surface area contributed by atoms with Gasteiger partial charge in [0.1, 0.15) is 11.5 Å². The molecule has 0 saturated heterocycles. The van der Waals surface area contributed by atoms with Crippen molar-refractivity contribution in [3.8, 4) is 11.5 Å². The molecule has 1 aromatic carbocycles. The molecule has 8 heteroatoms. The number of methoxy groups -OCH3 is 2. The van der Waals surface area contributed by atoms with Crippen molar-refractivity contribution in [2.75, 3.05) is 14.2 Å². The number of fused-ring (bicyclic) bond motifs is 1. The standard InChI is InChI=1S/C17H19N3O3S.Ca.2H/c1-10-8-18-15(11(2)16(10)23-4)9-24(21)17-19-13-6-5-12(22-3)7-14(13)20-17;;;/h5-8H,9H2,1-4H3,(H,19,20);;;/t24-;;;/m0.../s1. The summed E-state index contributed by atoms with van der Waals surface area (Å²) in [5.41, 5.74) is 4.16. The number of ether oxygens (including phenoxy) is 2. The van der Waals surface area contributed by atoms with Gasteiger partial charge in [-0.25, -0.2) is 0 Å². The topological polar surface area (TPSA) is 83.1 Å². The quantitative estimate of drug-likeness (QED) is 0.535. The van der Waals surface area contributed by atoms with E-state index in [-0.39, 0.29) is 43.5 Å². The molecule has 0 aliphatic rings. The predicted molar refractivity (Wildman–Crippen MR) is 102 cm³/mol. The van der Waals surface area contributed by atoms with Gasteiger partial charge < -0.3 is 14.0 Å². The summed E-state index contributed by atoms with van der Waals surface area (Å²) in [5.74, 6) is 1.78. The summed E-state index contributed by atoms with van der Waals surface area (Å²) in [6.45, 7) is 3.86. The number of aromatic nitrogens is 3. The van der Waals surface area contributed by atoms with Crippen molar-refractivity contribution in [2.45, 2.75) is 24.8 Å². The molecule has 1 N–H and O–H groups in total. The number of pyridine rings is 1. The summed E-state index contributed by atoms with van der Waals surface area (Å²) in [4.78, 5) is 11.9. The molecule has 130 valence electrons. The number of aryl methyl sites for hydroxylation is 1. The van der Waals surface area contributed by atoms with Crippen LogP contribution in [0.4, 0.5) is 0 Å². The van der Waals surface area contributed by atoms with E-state index < -0.39 is 11.2 Å². The SMILES string of the molecule is COc1ccc2[nH]c([S@@+]([O-])Cc3ncc(C)c(OC)c3C)nc2c1.[CaH2].